The van der Waals surface area contributed by atoms with Crippen LogP contribution in [0, 0.1) is 5.92 Å². The van der Waals surface area contributed by atoms with Gasteiger partial charge in [-0.05, 0) is 30.9 Å². The summed E-state index contributed by atoms with van der Waals surface area (Å²) in [7, 11) is 1.59. The predicted molar refractivity (Wildman–Crippen MR) is 88.8 cm³/mol. The van der Waals surface area contributed by atoms with E-state index in [4.69, 9.17) is 14.2 Å². The summed E-state index contributed by atoms with van der Waals surface area (Å²) in [6.45, 7) is 6.53. The molecule has 1 saturated heterocycles. The molecule has 0 radical (unpaired) electrons. The van der Waals surface area contributed by atoms with Gasteiger partial charge in [-0.1, -0.05) is 18.2 Å². The Kier molecular flexibility index (Phi) is 6.94. The number of amides is 1. The van der Waals surface area contributed by atoms with E-state index in [0.29, 0.717) is 24.0 Å². The molecule has 23 heavy (non-hydrogen) atoms. The minimum absolute atomic E-state index is 0.0152. The highest BCUT2D eigenvalue weighted by molar-refractivity contribution is 5.78. The lowest BCUT2D eigenvalue weighted by Gasteiger charge is -2.31. The van der Waals surface area contributed by atoms with E-state index in [9.17, 15) is 4.79 Å². The van der Waals surface area contributed by atoms with Crippen molar-refractivity contribution < 1.29 is 19.0 Å². The average molecular weight is 319 g/mol. The number of ether oxygens (including phenoxy) is 3. The zero-order valence-electron chi connectivity index (χ0n) is 13.7. The first-order valence-corrected chi connectivity index (χ1v) is 7.96. The third-order valence-electron chi connectivity index (χ3n) is 3.98. The number of likely N-dealkylation sites (tertiary alicyclic amines) is 1. The molecule has 0 N–H and O–H groups in total. The van der Waals surface area contributed by atoms with E-state index in [-0.39, 0.29) is 12.5 Å². The zero-order chi connectivity index (χ0) is 16.5. The maximum Gasteiger partial charge on any atom is 0.260 e. The van der Waals surface area contributed by atoms with E-state index in [1.165, 1.54) is 0 Å². The van der Waals surface area contributed by atoms with Crippen LogP contribution < -0.4 is 9.47 Å². The van der Waals surface area contributed by atoms with Crippen LogP contribution in [-0.2, 0) is 9.53 Å². The molecule has 1 aliphatic heterocycles. The van der Waals surface area contributed by atoms with Crippen molar-refractivity contribution in [3.8, 4) is 11.5 Å². The lowest BCUT2D eigenvalue weighted by atomic mass is 9.98. The molecular weight excluding hydrogens is 294 g/mol. The lowest BCUT2D eigenvalue weighted by molar-refractivity contribution is -0.135. The van der Waals surface area contributed by atoms with Gasteiger partial charge in [0, 0.05) is 19.7 Å². The number of benzene rings is 1. The van der Waals surface area contributed by atoms with Gasteiger partial charge in [-0.15, -0.1) is 6.58 Å². The Morgan fingerprint density at radius 2 is 2.00 bits per heavy atom. The van der Waals surface area contributed by atoms with Crippen LogP contribution in [0.1, 0.15) is 12.8 Å². The van der Waals surface area contributed by atoms with E-state index in [1.54, 1.807) is 19.3 Å². The summed E-state index contributed by atoms with van der Waals surface area (Å²) in [6.07, 6.45) is 3.70. The molecule has 1 amide bonds. The summed E-state index contributed by atoms with van der Waals surface area (Å²) in [5, 5.41) is 0. The molecule has 0 unspecified atom stereocenters. The van der Waals surface area contributed by atoms with Crippen LogP contribution in [0.2, 0.25) is 0 Å². The summed E-state index contributed by atoms with van der Waals surface area (Å²) in [4.78, 5) is 14.1. The van der Waals surface area contributed by atoms with Crippen molar-refractivity contribution in [1.29, 1.82) is 0 Å². The number of hydrogen-bond acceptors (Lipinski definition) is 4. The zero-order valence-corrected chi connectivity index (χ0v) is 13.7. The minimum Gasteiger partial charge on any atom is -0.493 e. The van der Waals surface area contributed by atoms with Gasteiger partial charge in [0.2, 0.25) is 0 Å². The maximum absolute atomic E-state index is 12.3. The summed E-state index contributed by atoms with van der Waals surface area (Å²) in [5.41, 5.74) is 0. The van der Waals surface area contributed by atoms with Gasteiger partial charge < -0.3 is 19.1 Å². The van der Waals surface area contributed by atoms with Crippen LogP contribution in [-0.4, -0.2) is 50.8 Å². The molecule has 5 nitrogen and oxygen atoms in total. The second-order valence-electron chi connectivity index (χ2n) is 5.59. The fourth-order valence-corrected chi connectivity index (χ4v) is 2.64. The summed E-state index contributed by atoms with van der Waals surface area (Å²) < 4.78 is 16.3. The van der Waals surface area contributed by atoms with E-state index in [1.807, 2.05) is 23.1 Å². The smallest absolute Gasteiger partial charge is 0.260 e. The molecule has 5 heteroatoms. The highest BCUT2D eigenvalue weighted by atomic mass is 16.5. The standard InChI is InChI=1S/C18H25NO4/c1-3-12-22-13-15-8-10-19(11-9-15)18(20)14-23-17-7-5-4-6-16(17)21-2/h3-7,15H,1,8-14H2,2H3. The van der Waals surface area contributed by atoms with Crippen molar-refractivity contribution in [1.82, 2.24) is 4.90 Å². The Morgan fingerprint density at radius 3 is 2.65 bits per heavy atom. The minimum atomic E-state index is 0.0152. The van der Waals surface area contributed by atoms with Gasteiger partial charge in [0.15, 0.2) is 18.1 Å². The molecule has 0 bridgehead atoms. The number of methoxy groups -OCH3 is 1. The Bertz CT molecular complexity index is 509. The summed E-state index contributed by atoms with van der Waals surface area (Å²) in [5.74, 6) is 1.77. The van der Waals surface area contributed by atoms with E-state index in [0.717, 1.165) is 32.5 Å². The first kappa shape index (κ1) is 17.3. The van der Waals surface area contributed by atoms with Crippen molar-refractivity contribution in [3.05, 3.63) is 36.9 Å². The monoisotopic (exact) mass is 319 g/mol. The third kappa shape index (κ3) is 5.28. The van der Waals surface area contributed by atoms with Gasteiger partial charge in [0.1, 0.15) is 0 Å². The highest BCUT2D eigenvalue weighted by Crippen LogP contribution is 2.26. The second-order valence-corrected chi connectivity index (χ2v) is 5.59. The molecule has 1 aliphatic rings. The van der Waals surface area contributed by atoms with Crippen LogP contribution in [0.25, 0.3) is 0 Å². The van der Waals surface area contributed by atoms with Crippen molar-refractivity contribution in [3.63, 3.8) is 0 Å². The van der Waals surface area contributed by atoms with Gasteiger partial charge in [-0.2, -0.15) is 0 Å². The van der Waals surface area contributed by atoms with Crippen molar-refractivity contribution in [2.75, 3.05) is 40.0 Å². The van der Waals surface area contributed by atoms with Gasteiger partial charge >= 0.3 is 0 Å². The van der Waals surface area contributed by atoms with E-state index < -0.39 is 0 Å². The third-order valence-corrected chi connectivity index (χ3v) is 3.98. The molecule has 1 aromatic rings. The Labute approximate surface area is 137 Å². The number of piperidine rings is 1. The van der Waals surface area contributed by atoms with Crippen molar-refractivity contribution in [2.24, 2.45) is 5.92 Å². The summed E-state index contributed by atoms with van der Waals surface area (Å²) in [6, 6.07) is 7.34. The quantitative estimate of drug-likeness (QED) is 0.546. The largest absolute Gasteiger partial charge is 0.493 e. The normalized spacial score (nSPS) is 15.3. The van der Waals surface area contributed by atoms with E-state index >= 15 is 0 Å². The van der Waals surface area contributed by atoms with Gasteiger partial charge in [-0.3, -0.25) is 4.79 Å². The van der Waals surface area contributed by atoms with Crippen LogP contribution in [0.5, 0.6) is 11.5 Å². The maximum atomic E-state index is 12.3. The second kappa shape index (κ2) is 9.20. The molecule has 2 rings (SSSR count). The number of rotatable bonds is 8. The molecule has 1 fully saturated rings. The van der Waals surface area contributed by atoms with Gasteiger partial charge in [0.25, 0.3) is 5.91 Å². The van der Waals surface area contributed by atoms with Crippen LogP contribution in [0.3, 0.4) is 0 Å². The van der Waals surface area contributed by atoms with Crippen LogP contribution >= 0.6 is 0 Å². The molecule has 1 aromatic carbocycles. The average Bonchev–Trinajstić information content (AvgIpc) is 2.60. The molecule has 0 aliphatic carbocycles. The Morgan fingerprint density at radius 1 is 1.30 bits per heavy atom. The molecule has 1 heterocycles. The highest BCUT2D eigenvalue weighted by Gasteiger charge is 2.23. The van der Waals surface area contributed by atoms with Crippen molar-refractivity contribution >= 4 is 5.91 Å². The van der Waals surface area contributed by atoms with Crippen LogP contribution in [0.15, 0.2) is 36.9 Å². The topological polar surface area (TPSA) is 48.0 Å². The van der Waals surface area contributed by atoms with Crippen molar-refractivity contribution in [2.45, 2.75) is 12.8 Å². The first-order valence-electron chi connectivity index (χ1n) is 7.96. The number of carbonyl (C=O) groups is 1. The number of carbonyl (C=O) groups excluding carboxylic acids is 1. The van der Waals surface area contributed by atoms with Crippen LogP contribution in [0.4, 0.5) is 0 Å². The first-order chi connectivity index (χ1) is 11.2. The number of para-hydroxylation sites is 2. The molecule has 126 valence electrons. The fourth-order valence-electron chi connectivity index (χ4n) is 2.64. The lowest BCUT2D eigenvalue weighted by Crippen LogP contribution is -2.41. The predicted octanol–water partition coefficient (Wildman–Crippen LogP) is 2.52. The molecule has 0 atom stereocenters. The summed E-state index contributed by atoms with van der Waals surface area (Å²) >= 11 is 0. The fraction of sp³-hybridized carbons (Fsp3) is 0.500. The molecule has 0 saturated carbocycles. The molecule has 0 spiro atoms. The van der Waals surface area contributed by atoms with Gasteiger partial charge in [0.05, 0.1) is 13.7 Å². The molecule has 0 aromatic heterocycles. The van der Waals surface area contributed by atoms with E-state index in [2.05, 4.69) is 6.58 Å². The Balaban J connectivity index is 1.74. The van der Waals surface area contributed by atoms with Gasteiger partial charge in [-0.25, -0.2) is 0 Å². The molecular formula is C18H25NO4. The SMILES string of the molecule is C=CCOCC1CCN(C(=O)COc2ccccc2OC)CC1. The number of hydrogen-bond donors (Lipinski definition) is 0. The Hall–Kier alpha value is -2.01. The number of nitrogens with zero attached hydrogens (tertiary/aromatic N) is 1.